The van der Waals surface area contributed by atoms with Crippen molar-refractivity contribution in [1.82, 2.24) is 0 Å². The van der Waals surface area contributed by atoms with Crippen LogP contribution in [0.1, 0.15) is 79.1 Å². The Kier molecular flexibility index (Phi) is 8.03. The van der Waals surface area contributed by atoms with Crippen LogP contribution >= 0.6 is 0 Å². The van der Waals surface area contributed by atoms with Gasteiger partial charge in [-0.1, -0.05) is 185 Å². The second kappa shape index (κ2) is 13.1. The molecule has 0 aliphatic heterocycles. The predicted molar refractivity (Wildman–Crippen MR) is 240 cm³/mol. The minimum absolute atomic E-state index is 0.108. The quantitative estimate of drug-likeness (QED) is 0.174. The van der Waals surface area contributed by atoms with Crippen molar-refractivity contribution in [3.63, 3.8) is 0 Å². The molecule has 1 spiro atoms. The summed E-state index contributed by atoms with van der Waals surface area (Å²) >= 11 is 0. The molecule has 0 bridgehead atoms. The number of nitrogens with zero attached hydrogens (tertiary/aromatic N) is 1. The van der Waals surface area contributed by atoms with E-state index in [4.69, 9.17) is 0 Å². The third kappa shape index (κ3) is 5.22. The molecule has 3 aliphatic carbocycles. The lowest BCUT2D eigenvalue weighted by atomic mass is 9.55. The lowest BCUT2D eigenvalue weighted by Crippen LogP contribution is -2.40. The molecule has 0 N–H and O–H groups in total. The van der Waals surface area contributed by atoms with Crippen molar-refractivity contribution >= 4 is 17.5 Å². The molecule has 0 radical (unpaired) electrons. The number of para-hydroxylation sites is 1. The van der Waals surface area contributed by atoms with Gasteiger partial charge in [0.15, 0.2) is 0 Å². The average molecular weight is 734 g/mol. The van der Waals surface area contributed by atoms with E-state index in [0.29, 0.717) is 0 Å². The molecule has 10 rings (SSSR count). The molecule has 0 fully saturated rings. The molecule has 0 atom stereocenters. The van der Waals surface area contributed by atoms with Crippen molar-refractivity contribution in [2.45, 2.75) is 50.9 Å². The van der Waals surface area contributed by atoms with E-state index in [1.54, 1.807) is 0 Å². The molecule has 1 nitrogen and oxygen atoms in total. The van der Waals surface area contributed by atoms with Crippen molar-refractivity contribution in [1.29, 1.82) is 0 Å². The molecule has 3 aliphatic rings. The van der Waals surface area contributed by atoms with Gasteiger partial charge in [0.25, 0.3) is 0 Å². The molecule has 0 saturated carbocycles. The van der Waals surface area contributed by atoms with E-state index in [1.807, 2.05) is 0 Å². The zero-order valence-corrected chi connectivity index (χ0v) is 33.4. The molecule has 0 saturated heterocycles. The summed E-state index contributed by atoms with van der Waals surface area (Å²) in [5.41, 5.74) is 20.0. The van der Waals surface area contributed by atoms with Crippen LogP contribution in [-0.2, 0) is 16.2 Å². The maximum absolute atomic E-state index is 2.44. The summed E-state index contributed by atoms with van der Waals surface area (Å²) in [6.45, 7) is 11.7. The standard InChI is InChI=1S/C56H47N/c1-38-36-44(22-17-19-40-18-9-11-24-47(40)54(38,2)3)57(42-20-7-6-8-21-42)43-33-30-39(31-34-43)41-32-35-49-46(37-41)45-23-10-12-25-48(45)56(49)52-28-15-13-26-50(52)55(4,5)51-27-14-16-29-53(51)56/h6-37H,1-5H3/b19-17+,38-36+,44-22+. The monoisotopic (exact) mass is 733 g/mol. The van der Waals surface area contributed by atoms with Crippen molar-refractivity contribution in [2.24, 2.45) is 0 Å². The normalized spacial score (nSPS) is 18.8. The Labute approximate surface area is 338 Å². The molecule has 276 valence electrons. The largest absolute Gasteiger partial charge is 0.311 e. The molecule has 1 heteroatoms. The summed E-state index contributed by atoms with van der Waals surface area (Å²) < 4.78 is 0. The van der Waals surface area contributed by atoms with E-state index in [0.717, 1.165) is 17.1 Å². The van der Waals surface area contributed by atoms with Crippen LogP contribution in [0.4, 0.5) is 11.4 Å². The van der Waals surface area contributed by atoms with Gasteiger partial charge in [0.2, 0.25) is 0 Å². The summed E-state index contributed by atoms with van der Waals surface area (Å²) in [6, 6.07) is 63.3. The van der Waals surface area contributed by atoms with E-state index in [1.165, 1.54) is 72.3 Å². The van der Waals surface area contributed by atoms with Gasteiger partial charge in [-0.2, -0.15) is 0 Å². The number of allylic oxidation sites excluding steroid dienone is 4. The highest BCUT2D eigenvalue weighted by atomic mass is 15.1. The van der Waals surface area contributed by atoms with Crippen molar-refractivity contribution in [3.05, 3.63) is 244 Å². The van der Waals surface area contributed by atoms with Gasteiger partial charge in [0.1, 0.15) is 0 Å². The van der Waals surface area contributed by atoms with Crippen LogP contribution in [-0.4, -0.2) is 0 Å². The first-order chi connectivity index (χ1) is 27.7. The summed E-state index contributed by atoms with van der Waals surface area (Å²) in [7, 11) is 0. The first kappa shape index (κ1) is 35.0. The van der Waals surface area contributed by atoms with Gasteiger partial charge >= 0.3 is 0 Å². The Morgan fingerprint density at radius 1 is 0.421 bits per heavy atom. The van der Waals surface area contributed by atoms with Crippen LogP contribution in [0.3, 0.4) is 0 Å². The lowest BCUT2D eigenvalue weighted by molar-refractivity contribution is 0.563. The Bertz CT molecular complexity index is 2740. The summed E-state index contributed by atoms with van der Waals surface area (Å²) in [4.78, 5) is 2.38. The molecule has 7 aromatic carbocycles. The molecule has 57 heavy (non-hydrogen) atoms. The number of anilines is 2. The lowest BCUT2D eigenvalue weighted by Gasteiger charge is -2.46. The Balaban J connectivity index is 1.09. The highest BCUT2D eigenvalue weighted by Crippen LogP contribution is 2.62. The Hall–Kier alpha value is -6.44. The van der Waals surface area contributed by atoms with Crippen LogP contribution in [0.5, 0.6) is 0 Å². The van der Waals surface area contributed by atoms with E-state index in [2.05, 4.69) is 234 Å². The first-order valence-electron chi connectivity index (χ1n) is 20.3. The van der Waals surface area contributed by atoms with Crippen LogP contribution in [0, 0.1) is 0 Å². The van der Waals surface area contributed by atoms with Gasteiger partial charge in [-0.05, 0) is 116 Å². The third-order valence-corrected chi connectivity index (χ3v) is 13.3. The van der Waals surface area contributed by atoms with Crippen molar-refractivity contribution in [2.75, 3.05) is 4.90 Å². The maximum atomic E-state index is 2.44. The number of hydrogen-bond acceptors (Lipinski definition) is 1. The zero-order chi connectivity index (χ0) is 38.9. The fourth-order valence-electron chi connectivity index (χ4n) is 10.1. The van der Waals surface area contributed by atoms with Gasteiger partial charge in [-0.25, -0.2) is 0 Å². The van der Waals surface area contributed by atoms with Gasteiger partial charge in [-0.3, -0.25) is 0 Å². The van der Waals surface area contributed by atoms with Gasteiger partial charge < -0.3 is 4.90 Å². The Morgan fingerprint density at radius 3 is 1.63 bits per heavy atom. The third-order valence-electron chi connectivity index (χ3n) is 13.3. The highest BCUT2D eigenvalue weighted by Gasteiger charge is 2.53. The molecule has 0 amide bonds. The topological polar surface area (TPSA) is 3.24 Å². The fourth-order valence-corrected chi connectivity index (χ4v) is 10.1. The minimum atomic E-state index is -0.382. The maximum Gasteiger partial charge on any atom is 0.0719 e. The molecule has 0 heterocycles. The van der Waals surface area contributed by atoms with Crippen LogP contribution in [0.25, 0.3) is 28.3 Å². The second-order valence-electron chi connectivity index (χ2n) is 17.0. The van der Waals surface area contributed by atoms with E-state index in [9.17, 15) is 0 Å². The summed E-state index contributed by atoms with van der Waals surface area (Å²) in [5.74, 6) is 0. The minimum Gasteiger partial charge on any atom is -0.311 e. The molecular formula is C56H47N. The number of benzene rings is 7. The zero-order valence-electron chi connectivity index (χ0n) is 33.4. The molecule has 7 aromatic rings. The van der Waals surface area contributed by atoms with E-state index >= 15 is 0 Å². The molecule has 0 aromatic heterocycles. The molecular weight excluding hydrogens is 687 g/mol. The van der Waals surface area contributed by atoms with Gasteiger partial charge in [0.05, 0.1) is 5.41 Å². The first-order valence-corrected chi connectivity index (χ1v) is 20.3. The summed E-state index contributed by atoms with van der Waals surface area (Å²) in [6.07, 6.45) is 9.06. The molecule has 0 unspecified atom stereocenters. The highest BCUT2D eigenvalue weighted by molar-refractivity contribution is 5.91. The Morgan fingerprint density at radius 2 is 0.947 bits per heavy atom. The predicted octanol–water partition coefficient (Wildman–Crippen LogP) is 14.3. The number of fused-ring (bicyclic) bond motifs is 10. The smallest absolute Gasteiger partial charge is 0.0719 e. The van der Waals surface area contributed by atoms with Crippen LogP contribution in [0.15, 0.2) is 199 Å². The van der Waals surface area contributed by atoms with Crippen LogP contribution in [0.2, 0.25) is 0 Å². The van der Waals surface area contributed by atoms with E-state index in [-0.39, 0.29) is 16.2 Å². The number of rotatable bonds is 4. The number of hydrogen-bond donors (Lipinski definition) is 0. The van der Waals surface area contributed by atoms with Crippen LogP contribution < -0.4 is 4.90 Å². The average Bonchev–Trinajstić information content (AvgIpc) is 3.55. The van der Waals surface area contributed by atoms with Gasteiger partial charge in [0, 0.05) is 27.9 Å². The van der Waals surface area contributed by atoms with Gasteiger partial charge in [-0.15, -0.1) is 0 Å². The van der Waals surface area contributed by atoms with E-state index < -0.39 is 0 Å². The van der Waals surface area contributed by atoms with Crippen molar-refractivity contribution < 1.29 is 0 Å². The SMILES string of the molecule is C\C1=C/C(N(c2ccccc2)c2ccc(-c3ccc4c(c3)-c3ccccc3C43c4ccccc4C(C)(C)c4ccccc43)cc2)=C\C=C\c2ccccc2C1(C)C. The second-order valence-corrected chi connectivity index (χ2v) is 17.0. The summed E-state index contributed by atoms with van der Waals surface area (Å²) in [5, 5.41) is 0. The van der Waals surface area contributed by atoms with Crippen molar-refractivity contribution in [3.8, 4) is 22.3 Å². The fraction of sp³-hybridized carbons (Fsp3) is 0.143.